The van der Waals surface area contributed by atoms with E-state index in [1.807, 2.05) is 48.5 Å². The Kier molecular flexibility index (Phi) is 4.15. The van der Waals surface area contributed by atoms with E-state index in [2.05, 4.69) is 20.9 Å². The lowest BCUT2D eigenvalue weighted by molar-refractivity contribution is 0.890. The van der Waals surface area contributed by atoms with Crippen molar-refractivity contribution in [2.75, 3.05) is 5.33 Å². The van der Waals surface area contributed by atoms with Gasteiger partial charge in [-0.2, -0.15) is 0 Å². The van der Waals surface area contributed by atoms with Crippen LogP contribution in [-0.4, -0.2) is 14.9 Å². The minimum Gasteiger partial charge on any atom is -0.269 e. The van der Waals surface area contributed by atoms with Gasteiger partial charge < -0.3 is 0 Å². The third kappa shape index (κ3) is 2.76. The Hall–Kier alpha value is -1.94. The number of hydrogen-bond acceptors (Lipinski definition) is 2. The molecule has 0 saturated heterocycles. The molecule has 3 rings (SSSR count). The second kappa shape index (κ2) is 6.22. The Morgan fingerprint density at radius 1 is 1.10 bits per heavy atom. The fourth-order valence-corrected chi connectivity index (χ4v) is 2.73. The maximum absolute atomic E-state index is 12.8. The lowest BCUT2D eigenvalue weighted by atomic mass is 10.1. The SMILES string of the molecule is O=c1c(CCCBr)cc2cccnc2n1-c1ccccc1. The summed E-state index contributed by atoms with van der Waals surface area (Å²) in [7, 11) is 0. The van der Waals surface area contributed by atoms with Crippen LogP contribution in [0.2, 0.25) is 0 Å². The summed E-state index contributed by atoms with van der Waals surface area (Å²) in [5, 5.41) is 1.88. The Morgan fingerprint density at radius 2 is 1.90 bits per heavy atom. The van der Waals surface area contributed by atoms with Crippen molar-refractivity contribution in [3.05, 3.63) is 70.6 Å². The van der Waals surface area contributed by atoms with E-state index in [0.29, 0.717) is 5.65 Å². The van der Waals surface area contributed by atoms with Crippen molar-refractivity contribution in [2.45, 2.75) is 12.8 Å². The summed E-state index contributed by atoms with van der Waals surface area (Å²) in [5.41, 5.74) is 2.41. The molecule has 0 aliphatic rings. The highest BCUT2D eigenvalue weighted by atomic mass is 79.9. The highest BCUT2D eigenvalue weighted by molar-refractivity contribution is 9.09. The molecule has 0 unspecified atom stereocenters. The van der Waals surface area contributed by atoms with E-state index in [0.717, 1.165) is 34.8 Å². The van der Waals surface area contributed by atoms with Crippen LogP contribution in [-0.2, 0) is 6.42 Å². The summed E-state index contributed by atoms with van der Waals surface area (Å²) in [4.78, 5) is 17.2. The number of aromatic nitrogens is 2. The third-order valence-electron chi connectivity index (χ3n) is 3.43. The summed E-state index contributed by atoms with van der Waals surface area (Å²) in [6.45, 7) is 0. The quantitative estimate of drug-likeness (QED) is 0.677. The number of benzene rings is 1. The second-order valence-electron chi connectivity index (χ2n) is 4.85. The number of nitrogens with zero attached hydrogens (tertiary/aromatic N) is 2. The Labute approximate surface area is 131 Å². The predicted molar refractivity (Wildman–Crippen MR) is 89.5 cm³/mol. The number of rotatable bonds is 4. The van der Waals surface area contributed by atoms with Gasteiger partial charge in [0.15, 0.2) is 0 Å². The fourth-order valence-electron chi connectivity index (χ4n) is 2.45. The molecule has 0 atom stereocenters. The molecule has 0 N–H and O–H groups in total. The Morgan fingerprint density at radius 3 is 2.67 bits per heavy atom. The number of aryl methyl sites for hydroxylation is 1. The van der Waals surface area contributed by atoms with Gasteiger partial charge in [0.2, 0.25) is 0 Å². The van der Waals surface area contributed by atoms with Gasteiger partial charge in [0, 0.05) is 22.5 Å². The van der Waals surface area contributed by atoms with Crippen LogP contribution in [0.5, 0.6) is 0 Å². The van der Waals surface area contributed by atoms with E-state index in [9.17, 15) is 4.79 Å². The molecule has 106 valence electrons. The van der Waals surface area contributed by atoms with Crippen LogP contribution in [0.3, 0.4) is 0 Å². The third-order valence-corrected chi connectivity index (χ3v) is 3.99. The van der Waals surface area contributed by atoms with Crippen LogP contribution in [0, 0.1) is 0 Å². The first-order valence-electron chi connectivity index (χ1n) is 6.92. The maximum atomic E-state index is 12.8. The summed E-state index contributed by atoms with van der Waals surface area (Å²) >= 11 is 3.42. The molecule has 0 aliphatic carbocycles. The molecule has 0 amide bonds. The molecular weight excluding hydrogens is 328 g/mol. The highest BCUT2D eigenvalue weighted by Gasteiger charge is 2.11. The minimum atomic E-state index is 0.0216. The molecule has 21 heavy (non-hydrogen) atoms. The zero-order valence-electron chi connectivity index (χ0n) is 11.5. The molecule has 0 bridgehead atoms. The van der Waals surface area contributed by atoms with Crippen molar-refractivity contribution >= 4 is 27.0 Å². The first-order chi connectivity index (χ1) is 10.3. The molecule has 3 aromatic rings. The summed E-state index contributed by atoms with van der Waals surface area (Å²) in [6, 6.07) is 15.5. The number of alkyl halides is 1. The molecular formula is C17H15BrN2O. The molecule has 0 fully saturated rings. The van der Waals surface area contributed by atoms with Crippen molar-refractivity contribution in [1.29, 1.82) is 0 Å². The zero-order valence-corrected chi connectivity index (χ0v) is 13.1. The van der Waals surface area contributed by atoms with Gasteiger partial charge in [-0.25, -0.2) is 4.98 Å². The molecule has 2 heterocycles. The van der Waals surface area contributed by atoms with Crippen LogP contribution in [0.25, 0.3) is 16.7 Å². The molecule has 2 aromatic heterocycles. The topological polar surface area (TPSA) is 34.9 Å². The maximum Gasteiger partial charge on any atom is 0.259 e. The van der Waals surface area contributed by atoms with Crippen molar-refractivity contribution in [2.24, 2.45) is 0 Å². The number of pyridine rings is 2. The van der Waals surface area contributed by atoms with Gasteiger partial charge in [-0.05, 0) is 43.2 Å². The molecule has 0 radical (unpaired) electrons. The van der Waals surface area contributed by atoms with E-state index >= 15 is 0 Å². The van der Waals surface area contributed by atoms with Gasteiger partial charge in [0.1, 0.15) is 5.65 Å². The summed E-state index contributed by atoms with van der Waals surface area (Å²) in [6.07, 6.45) is 3.43. The largest absolute Gasteiger partial charge is 0.269 e. The van der Waals surface area contributed by atoms with Gasteiger partial charge in [0.25, 0.3) is 5.56 Å². The zero-order chi connectivity index (χ0) is 14.7. The van der Waals surface area contributed by atoms with E-state index < -0.39 is 0 Å². The summed E-state index contributed by atoms with van der Waals surface area (Å²) in [5.74, 6) is 0. The van der Waals surface area contributed by atoms with Crippen molar-refractivity contribution in [3.8, 4) is 5.69 Å². The summed E-state index contributed by atoms with van der Waals surface area (Å²) < 4.78 is 1.71. The van der Waals surface area contributed by atoms with Gasteiger partial charge in [0.05, 0.1) is 5.69 Å². The monoisotopic (exact) mass is 342 g/mol. The number of halogens is 1. The molecule has 4 heteroatoms. The smallest absolute Gasteiger partial charge is 0.259 e. The van der Waals surface area contributed by atoms with Crippen molar-refractivity contribution in [1.82, 2.24) is 9.55 Å². The molecule has 3 nitrogen and oxygen atoms in total. The molecule has 0 aliphatic heterocycles. The van der Waals surface area contributed by atoms with Gasteiger partial charge in [-0.1, -0.05) is 34.1 Å². The lowest BCUT2D eigenvalue weighted by Crippen LogP contribution is -2.23. The van der Waals surface area contributed by atoms with Crippen molar-refractivity contribution in [3.63, 3.8) is 0 Å². The highest BCUT2D eigenvalue weighted by Crippen LogP contribution is 2.16. The van der Waals surface area contributed by atoms with E-state index in [4.69, 9.17) is 0 Å². The van der Waals surface area contributed by atoms with Crippen molar-refractivity contribution < 1.29 is 0 Å². The van der Waals surface area contributed by atoms with Crippen LogP contribution in [0.4, 0.5) is 0 Å². The Bertz CT molecular complexity index is 812. The average Bonchev–Trinajstić information content (AvgIpc) is 2.54. The molecule has 1 aromatic carbocycles. The Balaban J connectivity index is 2.29. The number of fused-ring (bicyclic) bond motifs is 1. The normalized spacial score (nSPS) is 10.9. The van der Waals surface area contributed by atoms with Gasteiger partial charge in [-0.3, -0.25) is 9.36 Å². The van der Waals surface area contributed by atoms with E-state index in [1.165, 1.54) is 0 Å². The second-order valence-corrected chi connectivity index (χ2v) is 5.65. The average molecular weight is 343 g/mol. The van der Waals surface area contributed by atoms with Crippen LogP contribution >= 0.6 is 15.9 Å². The first-order valence-corrected chi connectivity index (χ1v) is 8.04. The first kappa shape index (κ1) is 14.0. The molecule has 0 saturated carbocycles. The van der Waals surface area contributed by atoms with Crippen LogP contribution in [0.15, 0.2) is 59.5 Å². The number of hydrogen-bond donors (Lipinski definition) is 0. The van der Waals surface area contributed by atoms with Crippen LogP contribution < -0.4 is 5.56 Å². The van der Waals surface area contributed by atoms with E-state index in [1.54, 1.807) is 10.8 Å². The van der Waals surface area contributed by atoms with E-state index in [-0.39, 0.29) is 5.56 Å². The lowest BCUT2D eigenvalue weighted by Gasteiger charge is -2.12. The van der Waals surface area contributed by atoms with Gasteiger partial charge in [-0.15, -0.1) is 0 Å². The minimum absolute atomic E-state index is 0.0216. The predicted octanol–water partition coefficient (Wildman–Crippen LogP) is 3.71. The number of para-hydroxylation sites is 1. The van der Waals surface area contributed by atoms with Crippen LogP contribution in [0.1, 0.15) is 12.0 Å². The fraction of sp³-hybridized carbons (Fsp3) is 0.176. The standard InChI is InChI=1S/C17H15BrN2O/c18-10-4-6-14-12-13-7-5-11-19-16(13)20(17(14)21)15-8-2-1-3-9-15/h1-3,5,7-9,11-12H,4,6,10H2. The molecule has 0 spiro atoms. The van der Waals surface area contributed by atoms with Gasteiger partial charge >= 0.3 is 0 Å².